The van der Waals surface area contributed by atoms with Crippen LogP contribution in [0.15, 0.2) is 72.9 Å². The van der Waals surface area contributed by atoms with Gasteiger partial charge in [-0.2, -0.15) is 0 Å². The second-order valence-electron chi connectivity index (χ2n) is 10.1. The number of rotatable bonds is 10. The third-order valence-electron chi connectivity index (χ3n) is 7.14. The topological polar surface area (TPSA) is 122 Å². The Morgan fingerprint density at radius 2 is 1.64 bits per heavy atom. The minimum absolute atomic E-state index is 0.0321. The van der Waals surface area contributed by atoms with Gasteiger partial charge in [-0.05, 0) is 36.8 Å². The van der Waals surface area contributed by atoms with E-state index in [1.165, 1.54) is 26.3 Å². The highest BCUT2D eigenvalue weighted by atomic mass is 16.7. The Bertz CT molecular complexity index is 1330. The molecule has 1 fully saturated rings. The van der Waals surface area contributed by atoms with Gasteiger partial charge in [0.05, 0.1) is 20.3 Å². The van der Waals surface area contributed by atoms with Crippen LogP contribution in [0.5, 0.6) is 11.5 Å². The normalized spacial score (nSPS) is 20.7. The molecule has 0 saturated carbocycles. The Hall–Kier alpha value is -4.44. The van der Waals surface area contributed by atoms with Crippen molar-refractivity contribution < 1.29 is 38.1 Å². The zero-order chi connectivity index (χ0) is 29.9. The average Bonchev–Trinajstić information content (AvgIpc) is 3.03. The van der Waals surface area contributed by atoms with E-state index in [9.17, 15) is 14.4 Å². The molecule has 0 radical (unpaired) electrons. The molecule has 4 atom stereocenters. The molecular formula is C32H36N2O8. The van der Waals surface area contributed by atoms with Crippen molar-refractivity contribution in [2.24, 2.45) is 11.8 Å². The maximum atomic E-state index is 13.4. The van der Waals surface area contributed by atoms with Gasteiger partial charge in [0.15, 0.2) is 23.2 Å². The van der Waals surface area contributed by atoms with Gasteiger partial charge in [0.1, 0.15) is 6.10 Å². The van der Waals surface area contributed by atoms with Crippen LogP contribution in [-0.4, -0.2) is 62.1 Å². The molecule has 222 valence electrons. The molecular weight excluding hydrogens is 540 g/mol. The number of nitrogens with zero attached hydrogens (tertiary/aromatic N) is 1. The van der Waals surface area contributed by atoms with Crippen molar-refractivity contribution in [1.82, 2.24) is 10.3 Å². The number of hydrogen-bond acceptors (Lipinski definition) is 9. The fourth-order valence-electron chi connectivity index (χ4n) is 5.00. The predicted molar refractivity (Wildman–Crippen MR) is 153 cm³/mol. The van der Waals surface area contributed by atoms with Gasteiger partial charge in [-0.3, -0.25) is 9.59 Å². The molecule has 1 aliphatic heterocycles. The number of methoxy groups -OCH3 is 1. The van der Waals surface area contributed by atoms with E-state index < -0.39 is 36.8 Å². The fourth-order valence-corrected chi connectivity index (χ4v) is 5.00. The molecule has 0 spiro atoms. The Kier molecular flexibility index (Phi) is 10.9. The van der Waals surface area contributed by atoms with Gasteiger partial charge < -0.3 is 29.0 Å². The first-order valence-corrected chi connectivity index (χ1v) is 13.8. The lowest BCUT2D eigenvalue weighted by Crippen LogP contribution is -2.46. The minimum atomic E-state index is -1.10. The molecule has 1 aliphatic rings. The number of benzene rings is 2. The summed E-state index contributed by atoms with van der Waals surface area (Å²) in [6.07, 6.45) is 2.36. The van der Waals surface area contributed by atoms with Gasteiger partial charge in [0.25, 0.3) is 5.91 Å². The van der Waals surface area contributed by atoms with E-state index in [2.05, 4.69) is 34.6 Å². The number of ether oxygens (including phenoxy) is 5. The smallest absolute Gasteiger partial charge is 0.331 e. The van der Waals surface area contributed by atoms with Gasteiger partial charge in [-0.25, -0.2) is 9.78 Å². The van der Waals surface area contributed by atoms with Crippen LogP contribution < -0.4 is 14.8 Å². The number of aromatic nitrogens is 1. The van der Waals surface area contributed by atoms with Gasteiger partial charge in [-0.1, -0.05) is 60.7 Å². The number of cyclic esters (lactones) is 1. The highest BCUT2D eigenvalue weighted by molar-refractivity contribution is 5.98. The summed E-state index contributed by atoms with van der Waals surface area (Å²) in [5.74, 6) is -1.68. The zero-order valence-electron chi connectivity index (χ0n) is 24.0. The number of amides is 1. The lowest BCUT2D eigenvalue weighted by molar-refractivity contribution is -0.154. The second-order valence-corrected chi connectivity index (χ2v) is 10.1. The first-order valence-electron chi connectivity index (χ1n) is 13.8. The summed E-state index contributed by atoms with van der Waals surface area (Å²) in [7, 11) is 1.40. The van der Waals surface area contributed by atoms with Crippen molar-refractivity contribution in [3.8, 4) is 11.5 Å². The van der Waals surface area contributed by atoms with Gasteiger partial charge in [0.2, 0.25) is 6.79 Å². The van der Waals surface area contributed by atoms with E-state index in [0.717, 1.165) is 17.5 Å². The molecule has 3 aromatic rings. The second kappa shape index (κ2) is 15.0. The Morgan fingerprint density at radius 3 is 2.29 bits per heavy atom. The molecule has 0 aliphatic carbocycles. The third-order valence-corrected chi connectivity index (χ3v) is 7.14. The molecule has 1 aromatic heterocycles. The number of carbonyl (C=O) groups is 3. The SMILES string of the molecule is COc1ccnc(C(=O)N[C@H]2COC[C@H](Cc3ccccc3)[C@@H](Cc3ccccc3)[C@@H](C)OC2=O)c1OCOC(C)=O. The maximum absolute atomic E-state index is 13.4. The zero-order valence-corrected chi connectivity index (χ0v) is 24.0. The van der Waals surface area contributed by atoms with E-state index in [1.807, 2.05) is 43.3 Å². The van der Waals surface area contributed by atoms with Gasteiger partial charge >= 0.3 is 11.9 Å². The molecule has 1 saturated heterocycles. The largest absolute Gasteiger partial charge is 0.493 e. The van der Waals surface area contributed by atoms with Crippen LogP contribution in [0.1, 0.15) is 35.5 Å². The van der Waals surface area contributed by atoms with E-state index in [1.54, 1.807) is 0 Å². The lowest BCUT2D eigenvalue weighted by atomic mass is 9.80. The Balaban J connectivity index is 1.54. The summed E-state index contributed by atoms with van der Waals surface area (Å²) in [5.41, 5.74) is 2.15. The molecule has 10 nitrogen and oxygen atoms in total. The molecule has 0 unspecified atom stereocenters. The Morgan fingerprint density at radius 1 is 0.976 bits per heavy atom. The molecule has 1 amide bonds. The predicted octanol–water partition coefficient (Wildman–Crippen LogP) is 3.77. The fraction of sp³-hybridized carbons (Fsp3) is 0.375. The molecule has 1 N–H and O–H groups in total. The van der Waals surface area contributed by atoms with Gasteiger partial charge in [0, 0.05) is 25.1 Å². The summed E-state index contributed by atoms with van der Waals surface area (Å²) < 4.78 is 27.7. The third kappa shape index (κ3) is 8.29. The van der Waals surface area contributed by atoms with Crippen molar-refractivity contribution in [3.63, 3.8) is 0 Å². The Labute approximate surface area is 245 Å². The summed E-state index contributed by atoms with van der Waals surface area (Å²) in [6.45, 7) is 2.95. The van der Waals surface area contributed by atoms with Crippen molar-refractivity contribution in [2.75, 3.05) is 27.1 Å². The van der Waals surface area contributed by atoms with E-state index in [-0.39, 0.29) is 35.6 Å². The summed E-state index contributed by atoms with van der Waals surface area (Å²) in [6, 6.07) is 20.6. The molecule has 2 aromatic carbocycles. The van der Waals surface area contributed by atoms with Crippen LogP contribution in [0.4, 0.5) is 0 Å². The van der Waals surface area contributed by atoms with Crippen molar-refractivity contribution in [3.05, 3.63) is 89.7 Å². The standard InChI is InChI=1S/C32H36N2O8/c1-21-26(17-24-12-8-5-9-13-24)25(16-23-10-6-4-7-11-23)18-39-19-27(32(37)42-21)34-31(36)29-30(41-20-40-22(2)35)28(38-3)14-15-33-29/h4-15,21,25-27H,16-20H2,1-3H3,(H,34,36)/t21-,25+,26+,27+/m1/s1. The monoisotopic (exact) mass is 576 g/mol. The van der Waals surface area contributed by atoms with Crippen LogP contribution in [0.25, 0.3) is 0 Å². The first kappa shape index (κ1) is 30.5. The number of esters is 2. The number of pyridine rings is 1. The molecule has 0 bridgehead atoms. The number of hydrogen-bond donors (Lipinski definition) is 1. The quantitative estimate of drug-likeness (QED) is 0.284. The lowest BCUT2D eigenvalue weighted by Gasteiger charge is -2.31. The molecule has 2 heterocycles. The minimum Gasteiger partial charge on any atom is -0.493 e. The maximum Gasteiger partial charge on any atom is 0.331 e. The molecule has 10 heteroatoms. The average molecular weight is 577 g/mol. The highest BCUT2D eigenvalue weighted by Crippen LogP contribution is 2.31. The molecule has 4 rings (SSSR count). The number of nitrogens with one attached hydrogen (secondary N) is 1. The van der Waals surface area contributed by atoms with Crippen LogP contribution in [0.3, 0.4) is 0 Å². The van der Waals surface area contributed by atoms with Crippen molar-refractivity contribution >= 4 is 17.8 Å². The highest BCUT2D eigenvalue weighted by Gasteiger charge is 2.35. The number of carbonyl (C=O) groups excluding carboxylic acids is 3. The molecule has 42 heavy (non-hydrogen) atoms. The van der Waals surface area contributed by atoms with E-state index >= 15 is 0 Å². The van der Waals surface area contributed by atoms with Crippen LogP contribution in [0.2, 0.25) is 0 Å². The van der Waals surface area contributed by atoms with Crippen molar-refractivity contribution in [2.45, 2.75) is 38.8 Å². The van der Waals surface area contributed by atoms with Crippen molar-refractivity contribution in [1.29, 1.82) is 0 Å². The summed E-state index contributed by atoms with van der Waals surface area (Å²) in [5, 5.41) is 2.68. The summed E-state index contributed by atoms with van der Waals surface area (Å²) in [4.78, 5) is 42.0. The van der Waals surface area contributed by atoms with Crippen LogP contribution in [0, 0.1) is 11.8 Å². The first-order chi connectivity index (χ1) is 20.4. The van der Waals surface area contributed by atoms with Crippen LogP contribution in [-0.2, 0) is 36.6 Å². The van der Waals surface area contributed by atoms with Gasteiger partial charge in [-0.15, -0.1) is 0 Å². The van der Waals surface area contributed by atoms with Crippen LogP contribution >= 0.6 is 0 Å². The van der Waals surface area contributed by atoms with E-state index in [0.29, 0.717) is 13.0 Å². The summed E-state index contributed by atoms with van der Waals surface area (Å²) >= 11 is 0. The van der Waals surface area contributed by atoms with E-state index in [4.69, 9.17) is 23.7 Å².